The SMILES string of the molecule is COc1ccc(CCNC(=O)c2ccc(Cn3cncn3)cc2)cc1OC. The van der Waals surface area contributed by atoms with Gasteiger partial charge in [0.25, 0.3) is 5.91 Å². The Kier molecular flexibility index (Phi) is 6.04. The summed E-state index contributed by atoms with van der Waals surface area (Å²) in [6, 6.07) is 13.2. The number of rotatable bonds is 8. The molecule has 0 aliphatic rings. The van der Waals surface area contributed by atoms with Crippen molar-refractivity contribution in [2.75, 3.05) is 20.8 Å². The maximum absolute atomic E-state index is 12.3. The van der Waals surface area contributed by atoms with Crippen LogP contribution in [0.5, 0.6) is 11.5 Å². The van der Waals surface area contributed by atoms with E-state index in [2.05, 4.69) is 15.4 Å². The number of hydrogen-bond donors (Lipinski definition) is 1. The number of hydrogen-bond acceptors (Lipinski definition) is 5. The molecule has 0 fully saturated rings. The number of methoxy groups -OCH3 is 2. The summed E-state index contributed by atoms with van der Waals surface area (Å²) in [5.74, 6) is 1.28. The van der Waals surface area contributed by atoms with E-state index in [9.17, 15) is 4.79 Å². The molecule has 0 atom stereocenters. The third kappa shape index (κ3) is 4.84. The van der Waals surface area contributed by atoms with Crippen LogP contribution in [-0.4, -0.2) is 41.4 Å². The van der Waals surface area contributed by atoms with Gasteiger partial charge in [-0.25, -0.2) is 9.67 Å². The van der Waals surface area contributed by atoms with Crippen LogP contribution in [0.2, 0.25) is 0 Å². The highest BCUT2D eigenvalue weighted by Gasteiger charge is 2.07. The molecule has 0 aliphatic heterocycles. The number of benzene rings is 2. The van der Waals surface area contributed by atoms with Crippen molar-refractivity contribution in [1.82, 2.24) is 20.1 Å². The molecular formula is C20H22N4O3. The van der Waals surface area contributed by atoms with E-state index in [0.29, 0.717) is 36.6 Å². The fourth-order valence-corrected chi connectivity index (χ4v) is 2.72. The van der Waals surface area contributed by atoms with Crippen LogP contribution in [0.1, 0.15) is 21.5 Å². The van der Waals surface area contributed by atoms with E-state index in [1.807, 2.05) is 42.5 Å². The first-order chi connectivity index (χ1) is 13.2. The Hall–Kier alpha value is -3.35. The highest BCUT2D eigenvalue weighted by Crippen LogP contribution is 2.27. The minimum Gasteiger partial charge on any atom is -0.493 e. The van der Waals surface area contributed by atoms with E-state index in [0.717, 1.165) is 11.1 Å². The number of carbonyl (C=O) groups is 1. The van der Waals surface area contributed by atoms with Crippen LogP contribution in [0, 0.1) is 0 Å². The van der Waals surface area contributed by atoms with Crippen molar-refractivity contribution in [2.45, 2.75) is 13.0 Å². The fraction of sp³-hybridized carbons (Fsp3) is 0.250. The largest absolute Gasteiger partial charge is 0.493 e. The Morgan fingerprint density at radius 3 is 2.44 bits per heavy atom. The molecule has 7 nitrogen and oxygen atoms in total. The zero-order valence-electron chi connectivity index (χ0n) is 15.4. The summed E-state index contributed by atoms with van der Waals surface area (Å²) in [5.41, 5.74) is 2.75. The van der Waals surface area contributed by atoms with Crippen molar-refractivity contribution in [3.05, 3.63) is 71.8 Å². The van der Waals surface area contributed by atoms with Gasteiger partial charge in [-0.3, -0.25) is 4.79 Å². The van der Waals surface area contributed by atoms with Gasteiger partial charge in [0.15, 0.2) is 11.5 Å². The molecular weight excluding hydrogens is 344 g/mol. The first-order valence-electron chi connectivity index (χ1n) is 8.60. The lowest BCUT2D eigenvalue weighted by atomic mass is 10.1. The second kappa shape index (κ2) is 8.84. The molecule has 0 radical (unpaired) electrons. The molecule has 2 aromatic carbocycles. The molecule has 27 heavy (non-hydrogen) atoms. The van der Waals surface area contributed by atoms with Crippen molar-refractivity contribution >= 4 is 5.91 Å². The normalized spacial score (nSPS) is 10.4. The van der Waals surface area contributed by atoms with Gasteiger partial charge < -0.3 is 14.8 Å². The molecule has 3 aromatic rings. The number of aromatic nitrogens is 3. The van der Waals surface area contributed by atoms with Gasteiger partial charge in [0.05, 0.1) is 20.8 Å². The Bertz CT molecular complexity index is 877. The minimum absolute atomic E-state index is 0.0946. The third-order valence-corrected chi connectivity index (χ3v) is 4.17. The zero-order chi connectivity index (χ0) is 19.1. The van der Waals surface area contributed by atoms with Crippen LogP contribution in [-0.2, 0) is 13.0 Å². The topological polar surface area (TPSA) is 78.3 Å². The monoisotopic (exact) mass is 366 g/mol. The summed E-state index contributed by atoms with van der Waals surface area (Å²) in [7, 11) is 3.21. The molecule has 0 aliphatic carbocycles. The maximum Gasteiger partial charge on any atom is 0.251 e. The van der Waals surface area contributed by atoms with Gasteiger partial charge in [0.1, 0.15) is 12.7 Å². The molecule has 3 rings (SSSR count). The maximum atomic E-state index is 12.3. The number of ether oxygens (including phenoxy) is 2. The predicted octanol–water partition coefficient (Wildman–Crippen LogP) is 2.32. The van der Waals surface area contributed by atoms with Gasteiger partial charge in [-0.2, -0.15) is 5.10 Å². The van der Waals surface area contributed by atoms with E-state index in [1.54, 1.807) is 25.2 Å². The average Bonchev–Trinajstić information content (AvgIpc) is 3.21. The highest BCUT2D eigenvalue weighted by atomic mass is 16.5. The van der Waals surface area contributed by atoms with E-state index in [-0.39, 0.29) is 5.91 Å². The average molecular weight is 366 g/mol. The summed E-state index contributed by atoms with van der Waals surface area (Å²) in [6.07, 6.45) is 3.87. The van der Waals surface area contributed by atoms with Crippen molar-refractivity contribution < 1.29 is 14.3 Å². The summed E-state index contributed by atoms with van der Waals surface area (Å²) in [4.78, 5) is 16.2. The molecule has 140 valence electrons. The first kappa shape index (κ1) is 18.4. The van der Waals surface area contributed by atoms with Crippen LogP contribution < -0.4 is 14.8 Å². The highest BCUT2D eigenvalue weighted by molar-refractivity contribution is 5.94. The van der Waals surface area contributed by atoms with Crippen LogP contribution in [0.3, 0.4) is 0 Å². The number of amides is 1. The lowest BCUT2D eigenvalue weighted by Gasteiger charge is -2.10. The van der Waals surface area contributed by atoms with Crippen LogP contribution in [0.15, 0.2) is 55.1 Å². The van der Waals surface area contributed by atoms with Crippen molar-refractivity contribution in [2.24, 2.45) is 0 Å². The van der Waals surface area contributed by atoms with Gasteiger partial charge in [-0.1, -0.05) is 18.2 Å². The fourth-order valence-electron chi connectivity index (χ4n) is 2.72. The van der Waals surface area contributed by atoms with Crippen molar-refractivity contribution in [1.29, 1.82) is 0 Å². The molecule has 0 bridgehead atoms. The lowest BCUT2D eigenvalue weighted by molar-refractivity contribution is 0.0954. The van der Waals surface area contributed by atoms with Gasteiger partial charge in [-0.15, -0.1) is 0 Å². The summed E-state index contributed by atoms with van der Waals surface area (Å²) < 4.78 is 12.3. The Morgan fingerprint density at radius 1 is 1.04 bits per heavy atom. The smallest absolute Gasteiger partial charge is 0.251 e. The number of nitrogens with zero attached hydrogens (tertiary/aromatic N) is 3. The van der Waals surface area contributed by atoms with Crippen LogP contribution in [0.4, 0.5) is 0 Å². The van der Waals surface area contributed by atoms with E-state index in [1.165, 1.54) is 6.33 Å². The summed E-state index contributed by atoms with van der Waals surface area (Å²) in [5, 5.41) is 7.01. The first-order valence-corrected chi connectivity index (χ1v) is 8.60. The molecule has 0 spiro atoms. The molecule has 7 heteroatoms. The van der Waals surface area contributed by atoms with Gasteiger partial charge in [-0.05, 0) is 41.8 Å². The van der Waals surface area contributed by atoms with Crippen molar-refractivity contribution in [3.8, 4) is 11.5 Å². The van der Waals surface area contributed by atoms with E-state index < -0.39 is 0 Å². The van der Waals surface area contributed by atoms with Gasteiger partial charge in [0.2, 0.25) is 0 Å². The standard InChI is InChI=1S/C20H22N4O3/c1-26-18-8-5-15(11-19(18)27-2)9-10-22-20(25)17-6-3-16(4-7-17)12-24-14-21-13-23-24/h3-8,11,13-14H,9-10,12H2,1-2H3,(H,22,25). The zero-order valence-corrected chi connectivity index (χ0v) is 15.4. The third-order valence-electron chi connectivity index (χ3n) is 4.17. The van der Waals surface area contributed by atoms with E-state index in [4.69, 9.17) is 9.47 Å². The molecule has 1 aromatic heterocycles. The predicted molar refractivity (Wildman–Crippen MR) is 101 cm³/mol. The second-order valence-electron chi connectivity index (χ2n) is 5.99. The lowest BCUT2D eigenvalue weighted by Crippen LogP contribution is -2.25. The Morgan fingerprint density at radius 2 is 1.78 bits per heavy atom. The van der Waals surface area contributed by atoms with Gasteiger partial charge >= 0.3 is 0 Å². The summed E-state index contributed by atoms with van der Waals surface area (Å²) in [6.45, 7) is 1.16. The van der Waals surface area contributed by atoms with Crippen LogP contribution >= 0.6 is 0 Å². The summed E-state index contributed by atoms with van der Waals surface area (Å²) >= 11 is 0. The van der Waals surface area contributed by atoms with Crippen molar-refractivity contribution in [3.63, 3.8) is 0 Å². The van der Waals surface area contributed by atoms with Crippen LogP contribution in [0.25, 0.3) is 0 Å². The van der Waals surface area contributed by atoms with E-state index >= 15 is 0 Å². The quantitative estimate of drug-likeness (QED) is 0.662. The molecule has 0 saturated carbocycles. The number of nitrogens with one attached hydrogen (secondary N) is 1. The molecule has 1 N–H and O–H groups in total. The molecule has 0 unspecified atom stereocenters. The second-order valence-corrected chi connectivity index (χ2v) is 5.99. The van der Waals surface area contributed by atoms with Gasteiger partial charge in [0, 0.05) is 12.1 Å². The molecule has 1 amide bonds. The Labute approximate surface area is 158 Å². The molecule has 1 heterocycles. The molecule has 0 saturated heterocycles. The minimum atomic E-state index is -0.0946. The number of carbonyl (C=O) groups excluding carboxylic acids is 1. The Balaban J connectivity index is 1.52.